The molecule has 0 spiro atoms. The van der Waals surface area contributed by atoms with Crippen molar-refractivity contribution in [3.8, 4) is 11.1 Å². The van der Waals surface area contributed by atoms with Gasteiger partial charge in [-0.15, -0.1) is 0 Å². The van der Waals surface area contributed by atoms with E-state index in [1.165, 1.54) is 0 Å². The predicted molar refractivity (Wildman–Crippen MR) is 69.7 cm³/mol. The lowest BCUT2D eigenvalue weighted by molar-refractivity contribution is -0.130. The Labute approximate surface area is 105 Å². The van der Waals surface area contributed by atoms with E-state index in [2.05, 4.69) is 0 Å². The molecule has 0 aliphatic heterocycles. The largest absolute Gasteiger partial charge is 0.319 e. The van der Waals surface area contributed by atoms with Crippen molar-refractivity contribution in [1.29, 1.82) is 0 Å². The van der Waals surface area contributed by atoms with E-state index in [1.807, 2.05) is 54.6 Å². The molecule has 2 nitrogen and oxygen atoms in total. The maximum Gasteiger partial charge on any atom is 0.318 e. The molecule has 0 saturated carbocycles. The van der Waals surface area contributed by atoms with E-state index < -0.39 is 12.1 Å². The lowest BCUT2D eigenvalue weighted by Crippen LogP contribution is -2.29. The summed E-state index contributed by atoms with van der Waals surface area (Å²) in [5, 5.41) is 0. The van der Waals surface area contributed by atoms with E-state index in [9.17, 15) is 9.18 Å². The first-order chi connectivity index (χ1) is 8.66. The van der Waals surface area contributed by atoms with Gasteiger partial charge in [0.05, 0.1) is 0 Å². The van der Waals surface area contributed by atoms with Crippen LogP contribution in [-0.4, -0.2) is 12.1 Å². The number of hydrogen-bond donors (Lipinski definition) is 1. The first kappa shape index (κ1) is 12.5. The maximum absolute atomic E-state index is 12.4. The Kier molecular flexibility index (Phi) is 3.85. The highest BCUT2D eigenvalue weighted by Crippen LogP contribution is 2.19. The fourth-order valence-electron chi connectivity index (χ4n) is 1.80. The Bertz CT molecular complexity index is 522. The van der Waals surface area contributed by atoms with Gasteiger partial charge in [-0.2, -0.15) is 4.39 Å². The number of carbonyl (C=O) groups is 1. The molecular weight excluding hydrogens is 229 g/mol. The molecule has 0 unspecified atom stereocenters. The van der Waals surface area contributed by atoms with Crippen molar-refractivity contribution in [3.05, 3.63) is 60.2 Å². The van der Waals surface area contributed by atoms with Gasteiger partial charge in [0.25, 0.3) is 0 Å². The average molecular weight is 243 g/mol. The molecule has 0 amide bonds. The number of carbonyl (C=O) groups excluding carboxylic acids is 1. The molecule has 0 radical (unpaired) electrons. The van der Waals surface area contributed by atoms with Gasteiger partial charge in [-0.25, -0.2) is 0 Å². The zero-order valence-corrected chi connectivity index (χ0v) is 9.84. The molecule has 0 bridgehead atoms. The molecule has 0 heterocycles. The Balaban J connectivity index is 2.13. The van der Waals surface area contributed by atoms with E-state index in [-0.39, 0.29) is 6.42 Å². The van der Waals surface area contributed by atoms with Gasteiger partial charge in [-0.3, -0.25) is 4.79 Å². The highest BCUT2D eigenvalue weighted by atomic mass is 19.1. The summed E-state index contributed by atoms with van der Waals surface area (Å²) in [6.07, 6.45) is 0.227. The molecule has 0 aromatic heterocycles. The number of nitrogens with two attached hydrogens (primary N) is 1. The number of rotatable bonds is 4. The van der Waals surface area contributed by atoms with Crippen LogP contribution in [0.5, 0.6) is 0 Å². The number of hydrogen-bond acceptors (Lipinski definition) is 2. The van der Waals surface area contributed by atoms with E-state index in [1.54, 1.807) is 0 Å². The molecule has 0 saturated heterocycles. The molecule has 1 atom stereocenters. The quantitative estimate of drug-likeness (QED) is 0.839. The Morgan fingerprint density at radius 1 is 1.00 bits per heavy atom. The van der Waals surface area contributed by atoms with Gasteiger partial charge in [0.2, 0.25) is 0 Å². The second kappa shape index (κ2) is 5.56. The topological polar surface area (TPSA) is 43.1 Å². The van der Waals surface area contributed by atoms with Crippen LogP contribution in [0.15, 0.2) is 54.6 Å². The van der Waals surface area contributed by atoms with Gasteiger partial charge >= 0.3 is 6.04 Å². The molecule has 0 aliphatic carbocycles. The lowest BCUT2D eigenvalue weighted by atomic mass is 10.0. The maximum atomic E-state index is 12.4. The van der Waals surface area contributed by atoms with Gasteiger partial charge in [-0.1, -0.05) is 54.6 Å². The van der Waals surface area contributed by atoms with Gasteiger partial charge in [-0.05, 0) is 23.1 Å². The van der Waals surface area contributed by atoms with Crippen LogP contribution in [0.3, 0.4) is 0 Å². The first-order valence-corrected chi connectivity index (χ1v) is 5.76. The first-order valence-electron chi connectivity index (χ1n) is 5.76. The smallest absolute Gasteiger partial charge is 0.318 e. The van der Waals surface area contributed by atoms with Crippen molar-refractivity contribution in [2.75, 3.05) is 0 Å². The van der Waals surface area contributed by atoms with Gasteiger partial charge in [0.15, 0.2) is 0 Å². The summed E-state index contributed by atoms with van der Waals surface area (Å²) in [6.45, 7) is 0. The van der Waals surface area contributed by atoms with Gasteiger partial charge < -0.3 is 5.73 Å². The third-order valence-corrected chi connectivity index (χ3v) is 2.81. The minimum Gasteiger partial charge on any atom is -0.319 e. The molecule has 18 heavy (non-hydrogen) atoms. The van der Waals surface area contributed by atoms with Crippen LogP contribution in [0.1, 0.15) is 5.56 Å². The molecule has 2 rings (SSSR count). The lowest BCUT2D eigenvalue weighted by Gasteiger charge is -2.07. The summed E-state index contributed by atoms with van der Waals surface area (Å²) >= 11 is 0. The van der Waals surface area contributed by atoms with Crippen LogP contribution in [0, 0.1) is 0 Å². The second-order valence-electron chi connectivity index (χ2n) is 4.18. The van der Waals surface area contributed by atoms with Crippen molar-refractivity contribution in [1.82, 2.24) is 0 Å². The molecule has 2 aromatic carbocycles. The molecule has 0 fully saturated rings. The van der Waals surface area contributed by atoms with Gasteiger partial charge in [0, 0.05) is 0 Å². The SMILES string of the molecule is N[C@@H](Cc1ccc(-c2ccccc2)cc1)C(=O)F. The fraction of sp³-hybridized carbons (Fsp3) is 0.133. The van der Waals surface area contributed by atoms with Crippen LogP contribution in [0.2, 0.25) is 0 Å². The highest BCUT2D eigenvalue weighted by Gasteiger charge is 2.12. The summed E-state index contributed by atoms with van der Waals surface area (Å²) < 4.78 is 12.4. The molecule has 2 aromatic rings. The minimum absolute atomic E-state index is 0.227. The summed E-state index contributed by atoms with van der Waals surface area (Å²) in [7, 11) is 0. The minimum atomic E-state index is -1.47. The predicted octanol–water partition coefficient (Wildman–Crippen LogP) is 2.72. The van der Waals surface area contributed by atoms with Crippen LogP contribution in [0.25, 0.3) is 11.1 Å². The van der Waals surface area contributed by atoms with Gasteiger partial charge in [0.1, 0.15) is 6.04 Å². The third kappa shape index (κ3) is 3.02. The van der Waals surface area contributed by atoms with Crippen LogP contribution in [-0.2, 0) is 11.2 Å². The third-order valence-electron chi connectivity index (χ3n) is 2.81. The van der Waals surface area contributed by atoms with Crippen molar-refractivity contribution in [2.45, 2.75) is 12.5 Å². The van der Waals surface area contributed by atoms with Crippen molar-refractivity contribution in [2.24, 2.45) is 5.73 Å². The van der Waals surface area contributed by atoms with E-state index in [0.717, 1.165) is 16.7 Å². The summed E-state index contributed by atoms with van der Waals surface area (Å²) in [5.41, 5.74) is 8.43. The summed E-state index contributed by atoms with van der Waals surface area (Å²) in [6, 6.07) is 15.0. The van der Waals surface area contributed by atoms with E-state index in [0.29, 0.717) is 0 Å². The molecular formula is C15H14FNO. The van der Waals surface area contributed by atoms with Crippen molar-refractivity contribution >= 4 is 6.04 Å². The van der Waals surface area contributed by atoms with Crippen LogP contribution < -0.4 is 5.73 Å². The summed E-state index contributed by atoms with van der Waals surface area (Å²) in [5.74, 6) is 0. The Morgan fingerprint density at radius 3 is 2.11 bits per heavy atom. The fourth-order valence-corrected chi connectivity index (χ4v) is 1.80. The second-order valence-corrected chi connectivity index (χ2v) is 4.18. The summed E-state index contributed by atoms with van der Waals surface area (Å²) in [4.78, 5) is 10.4. The standard InChI is InChI=1S/C15H14FNO/c16-15(18)14(17)10-11-6-8-13(9-7-11)12-4-2-1-3-5-12/h1-9,14H,10,17H2/t14-/m0/s1. The molecule has 92 valence electrons. The number of halogens is 1. The Hall–Kier alpha value is -2.00. The van der Waals surface area contributed by atoms with Crippen molar-refractivity contribution in [3.63, 3.8) is 0 Å². The normalized spacial score (nSPS) is 12.1. The molecule has 3 heteroatoms. The highest BCUT2D eigenvalue weighted by molar-refractivity contribution is 5.74. The van der Waals surface area contributed by atoms with Crippen LogP contribution in [0.4, 0.5) is 4.39 Å². The zero-order valence-electron chi connectivity index (χ0n) is 9.84. The average Bonchev–Trinajstić information content (AvgIpc) is 2.40. The van der Waals surface area contributed by atoms with E-state index in [4.69, 9.17) is 5.73 Å². The number of benzene rings is 2. The zero-order chi connectivity index (χ0) is 13.0. The Morgan fingerprint density at radius 2 is 1.56 bits per heavy atom. The van der Waals surface area contributed by atoms with Crippen LogP contribution >= 0.6 is 0 Å². The van der Waals surface area contributed by atoms with E-state index >= 15 is 0 Å². The van der Waals surface area contributed by atoms with Crippen molar-refractivity contribution < 1.29 is 9.18 Å². The molecule has 0 aliphatic rings. The molecule has 2 N–H and O–H groups in total. The monoisotopic (exact) mass is 243 g/mol.